The molecule has 4 rings (SSSR count). The van der Waals surface area contributed by atoms with Gasteiger partial charge in [-0.05, 0) is 60.9 Å². The van der Waals surface area contributed by atoms with Gasteiger partial charge in [0.05, 0.1) is 28.8 Å². The normalized spacial score (nSPS) is 11.7. The standard InChI is InChI=1S/C30H35N3O4S2/c1-4-6-19-32(20-7-5-2)39(35,36)26-16-13-24(14-17-26)29(34)33(22-23-11-9-8-10-12-23)30-31-27-18-15-25(37-3)21-28(27)38-30/h8-18,21H,4-7,19-20,22H2,1-3H3. The third-order valence-corrected chi connectivity index (χ3v) is 9.46. The third-order valence-electron chi connectivity index (χ3n) is 6.51. The molecule has 206 valence electrons. The summed E-state index contributed by atoms with van der Waals surface area (Å²) in [6.45, 7) is 5.42. The summed E-state index contributed by atoms with van der Waals surface area (Å²) >= 11 is 1.42. The number of hydrogen-bond acceptors (Lipinski definition) is 6. The van der Waals surface area contributed by atoms with Gasteiger partial charge in [-0.15, -0.1) is 0 Å². The Bertz CT molecular complexity index is 1480. The number of sulfonamides is 1. The van der Waals surface area contributed by atoms with E-state index in [9.17, 15) is 13.2 Å². The summed E-state index contributed by atoms with van der Waals surface area (Å²) in [7, 11) is -2.03. The number of hydrogen-bond donors (Lipinski definition) is 0. The highest BCUT2D eigenvalue weighted by molar-refractivity contribution is 7.89. The van der Waals surface area contributed by atoms with E-state index in [2.05, 4.69) is 0 Å². The molecule has 0 saturated heterocycles. The number of carbonyl (C=O) groups is 1. The monoisotopic (exact) mass is 565 g/mol. The second-order valence-corrected chi connectivity index (χ2v) is 12.3. The van der Waals surface area contributed by atoms with E-state index in [1.807, 2.05) is 62.4 Å². The van der Waals surface area contributed by atoms with Gasteiger partial charge in [0.25, 0.3) is 5.91 Å². The molecule has 0 unspecified atom stereocenters. The number of unbranched alkanes of at least 4 members (excludes halogenated alkanes) is 2. The lowest BCUT2D eigenvalue weighted by atomic mass is 10.1. The van der Waals surface area contributed by atoms with Crippen molar-refractivity contribution in [1.29, 1.82) is 0 Å². The van der Waals surface area contributed by atoms with E-state index in [-0.39, 0.29) is 10.8 Å². The molecule has 1 amide bonds. The average Bonchev–Trinajstić information content (AvgIpc) is 3.39. The Labute approximate surface area is 235 Å². The van der Waals surface area contributed by atoms with Crippen molar-refractivity contribution in [2.75, 3.05) is 25.1 Å². The Kier molecular flexibility index (Phi) is 9.72. The molecule has 0 aliphatic carbocycles. The molecule has 4 aromatic rings. The molecule has 3 aromatic carbocycles. The summed E-state index contributed by atoms with van der Waals surface area (Å²) in [5.41, 5.74) is 2.14. The number of methoxy groups -OCH3 is 1. The molecule has 0 aliphatic heterocycles. The predicted molar refractivity (Wildman–Crippen MR) is 158 cm³/mol. The molecule has 0 spiro atoms. The van der Waals surface area contributed by atoms with Crippen LogP contribution in [0.3, 0.4) is 0 Å². The van der Waals surface area contributed by atoms with E-state index in [1.54, 1.807) is 28.4 Å². The van der Waals surface area contributed by atoms with Crippen LogP contribution in [0.4, 0.5) is 5.13 Å². The highest BCUT2D eigenvalue weighted by atomic mass is 32.2. The van der Waals surface area contributed by atoms with Crippen molar-refractivity contribution in [1.82, 2.24) is 9.29 Å². The number of benzene rings is 3. The van der Waals surface area contributed by atoms with Gasteiger partial charge in [-0.25, -0.2) is 13.4 Å². The number of thiazole rings is 1. The van der Waals surface area contributed by atoms with Crippen LogP contribution in [0.5, 0.6) is 5.75 Å². The molecule has 9 heteroatoms. The molecule has 0 bridgehead atoms. The molecular weight excluding hydrogens is 530 g/mol. The first-order chi connectivity index (χ1) is 18.9. The molecule has 0 aliphatic rings. The lowest BCUT2D eigenvalue weighted by Crippen LogP contribution is -2.33. The SMILES string of the molecule is CCCCN(CCCC)S(=O)(=O)c1ccc(C(=O)N(Cc2ccccc2)c2nc3ccc(OC)cc3s2)cc1. The van der Waals surface area contributed by atoms with Crippen molar-refractivity contribution in [2.45, 2.75) is 51.0 Å². The Hall–Kier alpha value is -3.27. The molecule has 39 heavy (non-hydrogen) atoms. The van der Waals surface area contributed by atoms with Gasteiger partial charge in [-0.2, -0.15) is 4.31 Å². The number of anilines is 1. The van der Waals surface area contributed by atoms with Crippen molar-refractivity contribution >= 4 is 42.6 Å². The first kappa shape index (κ1) is 28.7. The van der Waals surface area contributed by atoms with Crippen LogP contribution in [0, 0.1) is 0 Å². The number of amides is 1. The van der Waals surface area contributed by atoms with Crippen LogP contribution in [0.2, 0.25) is 0 Å². The topological polar surface area (TPSA) is 79.8 Å². The minimum Gasteiger partial charge on any atom is -0.497 e. The smallest absolute Gasteiger partial charge is 0.260 e. The maximum Gasteiger partial charge on any atom is 0.260 e. The van der Waals surface area contributed by atoms with Crippen LogP contribution in [0.1, 0.15) is 55.5 Å². The number of carbonyl (C=O) groups excluding carboxylic acids is 1. The van der Waals surface area contributed by atoms with Crippen LogP contribution in [0.25, 0.3) is 10.2 Å². The maximum absolute atomic E-state index is 13.8. The summed E-state index contributed by atoms with van der Waals surface area (Å²) in [5.74, 6) is 0.477. The van der Waals surface area contributed by atoms with E-state index in [4.69, 9.17) is 9.72 Å². The summed E-state index contributed by atoms with van der Waals surface area (Å²) in [6, 6.07) is 21.6. The van der Waals surface area contributed by atoms with Gasteiger partial charge >= 0.3 is 0 Å². The first-order valence-electron chi connectivity index (χ1n) is 13.3. The Morgan fingerprint density at radius 2 is 1.59 bits per heavy atom. The first-order valence-corrected chi connectivity index (χ1v) is 15.5. The molecule has 1 aromatic heterocycles. The van der Waals surface area contributed by atoms with E-state index in [1.165, 1.54) is 23.5 Å². The van der Waals surface area contributed by atoms with Crippen LogP contribution in [0.15, 0.2) is 77.7 Å². The quantitative estimate of drug-likeness (QED) is 0.179. The largest absolute Gasteiger partial charge is 0.497 e. The van der Waals surface area contributed by atoms with Crippen molar-refractivity contribution in [3.05, 3.63) is 83.9 Å². The molecule has 0 atom stereocenters. The van der Waals surface area contributed by atoms with Gasteiger partial charge in [0.1, 0.15) is 5.75 Å². The van der Waals surface area contributed by atoms with Gasteiger partial charge in [0.15, 0.2) is 5.13 Å². The number of fused-ring (bicyclic) bond motifs is 1. The molecule has 0 N–H and O–H groups in total. The van der Waals surface area contributed by atoms with Gasteiger partial charge < -0.3 is 4.74 Å². The minimum atomic E-state index is -3.65. The third kappa shape index (κ3) is 6.84. The van der Waals surface area contributed by atoms with Crippen LogP contribution >= 0.6 is 11.3 Å². The number of rotatable bonds is 13. The molecule has 1 heterocycles. The number of aromatic nitrogens is 1. The van der Waals surface area contributed by atoms with Crippen molar-refractivity contribution in [2.24, 2.45) is 0 Å². The second kappa shape index (κ2) is 13.2. The molecule has 0 saturated carbocycles. The zero-order chi connectivity index (χ0) is 27.8. The summed E-state index contributed by atoms with van der Waals surface area (Å²) in [4.78, 5) is 20.4. The Morgan fingerprint density at radius 1 is 0.923 bits per heavy atom. The van der Waals surface area contributed by atoms with Gasteiger partial charge in [-0.3, -0.25) is 9.69 Å². The Balaban J connectivity index is 1.65. The number of nitrogens with zero attached hydrogens (tertiary/aromatic N) is 3. The van der Waals surface area contributed by atoms with E-state index < -0.39 is 10.0 Å². The van der Waals surface area contributed by atoms with E-state index in [0.717, 1.165) is 47.2 Å². The van der Waals surface area contributed by atoms with Gasteiger partial charge in [0.2, 0.25) is 10.0 Å². The van der Waals surface area contributed by atoms with Crippen molar-refractivity contribution < 1.29 is 17.9 Å². The fraction of sp³-hybridized carbons (Fsp3) is 0.333. The summed E-state index contributed by atoms with van der Waals surface area (Å²) in [6.07, 6.45) is 3.45. The second-order valence-electron chi connectivity index (χ2n) is 9.34. The maximum atomic E-state index is 13.8. The lowest BCUT2D eigenvalue weighted by molar-refractivity contribution is 0.0985. The van der Waals surface area contributed by atoms with Crippen LogP contribution in [-0.2, 0) is 16.6 Å². The van der Waals surface area contributed by atoms with E-state index in [0.29, 0.717) is 30.3 Å². The fourth-order valence-electron chi connectivity index (χ4n) is 4.22. The molecule has 7 nitrogen and oxygen atoms in total. The molecule has 0 radical (unpaired) electrons. The van der Waals surface area contributed by atoms with E-state index >= 15 is 0 Å². The van der Waals surface area contributed by atoms with Gasteiger partial charge in [-0.1, -0.05) is 68.4 Å². The predicted octanol–water partition coefficient (Wildman–Crippen LogP) is 6.74. The Morgan fingerprint density at radius 3 is 2.21 bits per heavy atom. The fourth-order valence-corrected chi connectivity index (χ4v) is 6.73. The van der Waals surface area contributed by atoms with Crippen molar-refractivity contribution in [3.63, 3.8) is 0 Å². The summed E-state index contributed by atoms with van der Waals surface area (Å²) in [5, 5.41) is 0.564. The zero-order valence-corrected chi connectivity index (χ0v) is 24.3. The summed E-state index contributed by atoms with van der Waals surface area (Å²) < 4.78 is 34.6. The highest BCUT2D eigenvalue weighted by Gasteiger charge is 2.26. The average molecular weight is 566 g/mol. The highest BCUT2D eigenvalue weighted by Crippen LogP contribution is 2.33. The molecular formula is C30H35N3O4S2. The van der Waals surface area contributed by atoms with Gasteiger partial charge in [0, 0.05) is 18.7 Å². The zero-order valence-electron chi connectivity index (χ0n) is 22.7. The van der Waals surface area contributed by atoms with Crippen LogP contribution < -0.4 is 9.64 Å². The van der Waals surface area contributed by atoms with Crippen molar-refractivity contribution in [3.8, 4) is 5.75 Å². The lowest BCUT2D eigenvalue weighted by Gasteiger charge is -2.23. The van der Waals surface area contributed by atoms with Crippen LogP contribution in [-0.4, -0.2) is 43.8 Å². The minimum absolute atomic E-state index is 0.202. The molecule has 0 fully saturated rings. The number of ether oxygens (including phenoxy) is 1.